The summed E-state index contributed by atoms with van der Waals surface area (Å²) < 4.78 is 24.3. The van der Waals surface area contributed by atoms with E-state index in [2.05, 4.69) is 64.1 Å². The third-order valence-corrected chi connectivity index (χ3v) is 6.25. The minimum absolute atomic E-state index is 0.164. The van der Waals surface area contributed by atoms with Crippen molar-refractivity contribution in [2.75, 3.05) is 13.7 Å². The first-order chi connectivity index (χ1) is 11.6. The van der Waals surface area contributed by atoms with E-state index in [-0.39, 0.29) is 5.71 Å². The molecule has 0 radical (unpaired) electrons. The lowest BCUT2D eigenvalue weighted by Gasteiger charge is -2.35. The van der Waals surface area contributed by atoms with Crippen LogP contribution in [0.2, 0.25) is 58.9 Å². The molecule has 1 heterocycles. The quantitative estimate of drug-likeness (QED) is 0.323. The molecular formula is C16H35NO6Si3. The van der Waals surface area contributed by atoms with Crippen LogP contribution in [0.5, 0.6) is 0 Å². The van der Waals surface area contributed by atoms with Gasteiger partial charge in [-0.3, -0.25) is 0 Å². The Bertz CT molecular complexity index is 522. The molecule has 1 rings (SSSR count). The van der Waals surface area contributed by atoms with Crippen LogP contribution >= 0.6 is 0 Å². The van der Waals surface area contributed by atoms with Gasteiger partial charge in [0.2, 0.25) is 0 Å². The molecule has 0 unspecified atom stereocenters. The first kappa shape index (κ1) is 23.5. The van der Waals surface area contributed by atoms with Crippen LogP contribution in [0, 0.1) is 0 Å². The first-order valence-electron chi connectivity index (χ1n) is 8.94. The number of nitrogens with zero attached hydrogens (tertiary/aromatic N) is 1. The molecule has 0 aromatic carbocycles. The van der Waals surface area contributed by atoms with Gasteiger partial charge in [0.05, 0.1) is 6.61 Å². The van der Waals surface area contributed by atoms with Gasteiger partial charge in [0, 0.05) is 0 Å². The first-order valence-corrected chi connectivity index (χ1v) is 19.2. The van der Waals surface area contributed by atoms with Crippen LogP contribution in [0.3, 0.4) is 0 Å². The highest BCUT2D eigenvalue weighted by Crippen LogP contribution is 2.27. The minimum atomic E-state index is -1.97. The van der Waals surface area contributed by atoms with Crippen molar-refractivity contribution in [2.24, 2.45) is 5.16 Å². The Morgan fingerprint density at radius 1 is 1.00 bits per heavy atom. The Hall–Kier alpha value is -0.529. The molecule has 3 atom stereocenters. The third kappa shape index (κ3) is 8.01. The van der Waals surface area contributed by atoms with E-state index in [0.717, 1.165) is 0 Å². The van der Waals surface area contributed by atoms with Gasteiger partial charge in [-0.25, -0.2) is 4.79 Å². The molecule has 10 heteroatoms. The Morgan fingerprint density at radius 3 is 2.00 bits per heavy atom. The molecule has 26 heavy (non-hydrogen) atoms. The summed E-state index contributed by atoms with van der Waals surface area (Å²) in [4.78, 5) is 17.2. The fourth-order valence-electron chi connectivity index (χ4n) is 2.46. The predicted molar refractivity (Wildman–Crippen MR) is 110 cm³/mol. The van der Waals surface area contributed by atoms with Crippen molar-refractivity contribution in [3.05, 3.63) is 0 Å². The number of cyclic esters (lactones) is 1. The highest BCUT2D eigenvalue weighted by molar-refractivity contribution is 6.70. The number of carbonyl (C=O) groups excluding carboxylic acids is 1. The lowest BCUT2D eigenvalue weighted by atomic mass is 10.1. The van der Waals surface area contributed by atoms with E-state index in [4.69, 9.17) is 22.9 Å². The van der Waals surface area contributed by atoms with E-state index in [0.29, 0.717) is 6.61 Å². The van der Waals surface area contributed by atoms with Gasteiger partial charge in [0.25, 0.3) is 0 Å². The lowest BCUT2D eigenvalue weighted by molar-refractivity contribution is -0.144. The summed E-state index contributed by atoms with van der Waals surface area (Å²) in [5.41, 5.74) is 0.164. The third-order valence-electron chi connectivity index (χ3n) is 3.24. The molecule has 152 valence electrons. The smallest absolute Gasteiger partial charge is 0.359 e. The van der Waals surface area contributed by atoms with Gasteiger partial charge in [-0.05, 0) is 58.9 Å². The second-order valence-corrected chi connectivity index (χ2v) is 22.8. The molecule has 0 bridgehead atoms. The Kier molecular flexibility index (Phi) is 7.82. The number of rotatable bonds is 9. The summed E-state index contributed by atoms with van der Waals surface area (Å²) in [6, 6.07) is 0. The fourth-order valence-corrected chi connectivity index (χ4v) is 5.24. The summed E-state index contributed by atoms with van der Waals surface area (Å²) in [5.74, 6) is -0.516. The molecule has 0 aromatic heterocycles. The van der Waals surface area contributed by atoms with E-state index in [9.17, 15) is 4.79 Å². The number of esters is 1. The zero-order valence-corrected chi connectivity index (χ0v) is 20.8. The van der Waals surface area contributed by atoms with E-state index in [1.54, 1.807) is 0 Å². The predicted octanol–water partition coefficient (Wildman–Crippen LogP) is 3.21. The number of hydrogen-bond acceptors (Lipinski definition) is 7. The molecule has 0 amide bonds. The molecule has 0 saturated carbocycles. The Morgan fingerprint density at radius 2 is 1.58 bits per heavy atom. The van der Waals surface area contributed by atoms with Crippen LogP contribution in [0.15, 0.2) is 5.16 Å². The monoisotopic (exact) mass is 421 g/mol. The van der Waals surface area contributed by atoms with Gasteiger partial charge in [0.1, 0.15) is 19.3 Å². The normalized spacial score (nSPS) is 24.7. The molecule has 1 fully saturated rings. The number of oxime groups is 1. The van der Waals surface area contributed by atoms with Gasteiger partial charge < -0.3 is 22.9 Å². The summed E-state index contributed by atoms with van der Waals surface area (Å²) in [7, 11) is -4.23. The molecule has 1 aliphatic rings. The number of hydrogen-bond donors (Lipinski definition) is 0. The van der Waals surface area contributed by atoms with Crippen LogP contribution in [-0.2, 0) is 27.6 Å². The van der Waals surface area contributed by atoms with Crippen LogP contribution in [0.25, 0.3) is 0 Å². The maximum Gasteiger partial charge on any atom is 0.359 e. The molecule has 0 aromatic rings. The van der Waals surface area contributed by atoms with Crippen LogP contribution < -0.4 is 0 Å². The molecule has 7 nitrogen and oxygen atoms in total. The zero-order chi connectivity index (χ0) is 20.3. The van der Waals surface area contributed by atoms with Crippen molar-refractivity contribution in [1.82, 2.24) is 0 Å². The molecule has 0 spiro atoms. The van der Waals surface area contributed by atoms with Crippen molar-refractivity contribution in [3.63, 3.8) is 0 Å². The summed E-state index contributed by atoms with van der Waals surface area (Å²) in [6.07, 6.45) is -1.60. The van der Waals surface area contributed by atoms with Crippen LogP contribution in [-0.4, -0.2) is 68.7 Å². The standard InChI is InChI=1S/C16H35NO6Si3/c1-19-17-13-15(23-26(8,9)10)14(21-16(13)18)12(22-25(5,6)7)11-20-24(2,3)4/h12,14-15H,11H2,1-10H3/b17-13-/t12-,14-,15-/m1/s1. The second-order valence-electron chi connectivity index (χ2n) is 9.37. The molecule has 1 aliphatic heterocycles. The fraction of sp³-hybridized carbons (Fsp3) is 0.875. The van der Waals surface area contributed by atoms with E-state index in [1.165, 1.54) is 7.11 Å². The topological polar surface area (TPSA) is 75.6 Å². The van der Waals surface area contributed by atoms with Crippen LogP contribution in [0.1, 0.15) is 0 Å². The molecular weight excluding hydrogens is 386 g/mol. The second kappa shape index (κ2) is 8.65. The van der Waals surface area contributed by atoms with Gasteiger partial charge in [-0.15, -0.1) is 0 Å². The minimum Gasteiger partial charge on any atom is -0.452 e. The number of carbonyl (C=O) groups is 1. The average molecular weight is 422 g/mol. The van der Waals surface area contributed by atoms with Gasteiger partial charge in [0.15, 0.2) is 36.8 Å². The summed E-state index contributed by atoms with van der Waals surface area (Å²) in [5, 5.41) is 3.87. The van der Waals surface area contributed by atoms with E-state index < -0.39 is 49.2 Å². The van der Waals surface area contributed by atoms with Gasteiger partial charge in [-0.2, -0.15) is 0 Å². The summed E-state index contributed by atoms with van der Waals surface area (Å²) in [6.45, 7) is 19.2. The average Bonchev–Trinajstić information content (AvgIpc) is 2.69. The van der Waals surface area contributed by atoms with E-state index in [1.807, 2.05) is 0 Å². The van der Waals surface area contributed by atoms with Gasteiger partial charge >= 0.3 is 5.97 Å². The van der Waals surface area contributed by atoms with Crippen LogP contribution in [0.4, 0.5) is 0 Å². The highest BCUT2D eigenvalue weighted by atomic mass is 28.4. The lowest BCUT2D eigenvalue weighted by Crippen LogP contribution is -2.51. The van der Waals surface area contributed by atoms with Crippen molar-refractivity contribution in [2.45, 2.75) is 77.2 Å². The van der Waals surface area contributed by atoms with Crippen molar-refractivity contribution < 1.29 is 27.6 Å². The van der Waals surface area contributed by atoms with E-state index >= 15 is 0 Å². The largest absolute Gasteiger partial charge is 0.452 e. The van der Waals surface area contributed by atoms with Crippen molar-refractivity contribution in [3.8, 4) is 0 Å². The maximum atomic E-state index is 12.4. The Balaban J connectivity index is 3.17. The molecule has 0 N–H and O–H groups in total. The SMILES string of the molecule is CO/N=C1\C(=O)O[C@H]([C@@H](CO[Si](C)(C)C)O[Si](C)(C)C)[C@@H]1O[Si](C)(C)C. The van der Waals surface area contributed by atoms with Gasteiger partial charge in [-0.1, -0.05) is 5.16 Å². The highest BCUT2D eigenvalue weighted by Gasteiger charge is 2.50. The maximum absolute atomic E-state index is 12.4. The Labute approximate surface area is 160 Å². The molecule has 1 saturated heterocycles. The zero-order valence-electron chi connectivity index (χ0n) is 17.8. The van der Waals surface area contributed by atoms with Crippen molar-refractivity contribution in [1.29, 1.82) is 0 Å². The number of ether oxygens (including phenoxy) is 1. The summed E-state index contributed by atoms with van der Waals surface area (Å²) >= 11 is 0. The molecule has 0 aliphatic carbocycles. The van der Waals surface area contributed by atoms with Crippen molar-refractivity contribution >= 4 is 36.6 Å².